The monoisotopic (exact) mass is 367 g/mol. The van der Waals surface area contributed by atoms with E-state index in [9.17, 15) is 4.79 Å². The fourth-order valence-corrected chi connectivity index (χ4v) is 1.78. The molecule has 0 radical (unpaired) electrons. The Morgan fingerprint density at radius 3 is 2.32 bits per heavy atom. The Bertz CT molecular complexity index is 535. The van der Waals surface area contributed by atoms with Crippen molar-refractivity contribution in [2.24, 2.45) is 0 Å². The minimum Gasteiger partial charge on any atom is -0.399 e. The molecule has 0 bridgehead atoms. The molecule has 2 aromatic rings. The summed E-state index contributed by atoms with van der Waals surface area (Å²) in [4.78, 5) is 14.0. The number of aryl methyl sites for hydroxylation is 1. The number of ketones is 1. The van der Waals surface area contributed by atoms with Crippen molar-refractivity contribution in [3.8, 4) is 0 Å². The minimum atomic E-state index is 0.121. The zero-order valence-corrected chi connectivity index (χ0v) is 13.3. The normalized spacial score (nSPS) is 9.42. The molecular formula is C16H18INO. The van der Waals surface area contributed by atoms with Crippen LogP contribution in [0, 0.1) is 6.92 Å². The second-order valence-corrected chi connectivity index (χ2v) is 4.21. The third kappa shape index (κ3) is 5.03. The van der Waals surface area contributed by atoms with Gasteiger partial charge in [0.05, 0.1) is 0 Å². The number of halogens is 1. The third-order valence-corrected chi connectivity index (χ3v) is 2.68. The lowest BCUT2D eigenvalue weighted by Gasteiger charge is -2.03. The Morgan fingerprint density at radius 2 is 1.74 bits per heavy atom. The van der Waals surface area contributed by atoms with Crippen molar-refractivity contribution >= 4 is 34.1 Å². The maximum absolute atomic E-state index is 12.0. The summed E-state index contributed by atoms with van der Waals surface area (Å²) in [6.45, 7) is 2.02. The summed E-state index contributed by atoms with van der Waals surface area (Å²) < 4.78 is 0. The number of carbonyl (C=O) groups is 1. The number of hydrogen-bond donors (Lipinski definition) is 1. The molecular weight excluding hydrogens is 349 g/mol. The predicted molar refractivity (Wildman–Crippen MR) is 90.0 cm³/mol. The molecule has 0 saturated carbocycles. The number of hydrogen-bond acceptors (Lipinski definition) is 2. The van der Waals surface area contributed by atoms with E-state index in [1.165, 1.54) is 5.56 Å². The number of Topliss-reactive ketones (excluding diaryl/α,β-unsaturated/α-hetero) is 1. The number of nitrogen functional groups attached to an aromatic ring is 1. The molecule has 0 amide bonds. The zero-order valence-electron chi connectivity index (χ0n) is 11.2. The lowest BCUT2D eigenvalue weighted by Crippen LogP contribution is -2.03. The van der Waals surface area contributed by atoms with Crippen molar-refractivity contribution in [1.82, 2.24) is 0 Å². The van der Waals surface area contributed by atoms with Crippen molar-refractivity contribution in [1.29, 1.82) is 0 Å². The summed E-state index contributed by atoms with van der Waals surface area (Å²) in [7, 11) is 0. The quantitative estimate of drug-likeness (QED) is 0.385. The highest BCUT2D eigenvalue weighted by atomic mass is 127. The standard InChI is InChI=1S/C15H15NO.CH3I/c1-11-3-2-4-12(9-11)10-15(17)13-5-7-14(16)8-6-13;1-2/h2-9H,10,16H2,1H3;1H3. The van der Waals surface area contributed by atoms with E-state index in [0.717, 1.165) is 5.56 Å². The van der Waals surface area contributed by atoms with Gasteiger partial charge in [0, 0.05) is 17.7 Å². The maximum atomic E-state index is 12.0. The van der Waals surface area contributed by atoms with Gasteiger partial charge in [-0.1, -0.05) is 52.4 Å². The fraction of sp³-hybridized carbons (Fsp3) is 0.188. The largest absolute Gasteiger partial charge is 0.399 e. The Hall–Kier alpha value is -1.36. The molecule has 0 spiro atoms. The van der Waals surface area contributed by atoms with Gasteiger partial charge in [0.15, 0.2) is 5.78 Å². The van der Waals surface area contributed by atoms with Gasteiger partial charge in [-0.05, 0) is 41.7 Å². The number of anilines is 1. The highest BCUT2D eigenvalue weighted by Crippen LogP contribution is 2.11. The van der Waals surface area contributed by atoms with Crippen LogP contribution in [-0.4, -0.2) is 10.7 Å². The molecule has 0 aliphatic heterocycles. The van der Waals surface area contributed by atoms with Crippen LogP contribution in [0.15, 0.2) is 48.5 Å². The van der Waals surface area contributed by atoms with Crippen molar-refractivity contribution in [3.05, 3.63) is 65.2 Å². The molecule has 0 aliphatic carbocycles. The number of nitrogens with two attached hydrogens (primary N) is 1. The van der Waals surface area contributed by atoms with Crippen LogP contribution in [0.1, 0.15) is 21.5 Å². The summed E-state index contributed by atoms with van der Waals surface area (Å²) in [5, 5.41) is 0. The first-order chi connectivity index (χ1) is 9.15. The first-order valence-electron chi connectivity index (χ1n) is 5.97. The highest BCUT2D eigenvalue weighted by Gasteiger charge is 2.06. The molecule has 2 nitrogen and oxygen atoms in total. The molecule has 0 atom stereocenters. The summed E-state index contributed by atoms with van der Waals surface area (Å²) in [6, 6.07) is 15.1. The zero-order chi connectivity index (χ0) is 14.3. The number of carbonyl (C=O) groups excluding carboxylic acids is 1. The van der Waals surface area contributed by atoms with Crippen LogP contribution in [0.4, 0.5) is 5.69 Å². The van der Waals surface area contributed by atoms with Gasteiger partial charge in [0.2, 0.25) is 0 Å². The van der Waals surface area contributed by atoms with Crippen LogP contribution < -0.4 is 5.73 Å². The van der Waals surface area contributed by atoms with Gasteiger partial charge in [-0.2, -0.15) is 0 Å². The molecule has 100 valence electrons. The van der Waals surface area contributed by atoms with E-state index in [0.29, 0.717) is 17.7 Å². The Morgan fingerprint density at radius 1 is 1.11 bits per heavy atom. The molecule has 0 aromatic heterocycles. The lowest BCUT2D eigenvalue weighted by atomic mass is 10.0. The van der Waals surface area contributed by atoms with Crippen LogP contribution in [0.5, 0.6) is 0 Å². The predicted octanol–water partition coefficient (Wildman–Crippen LogP) is 4.05. The third-order valence-electron chi connectivity index (χ3n) is 2.68. The maximum Gasteiger partial charge on any atom is 0.167 e. The lowest BCUT2D eigenvalue weighted by molar-refractivity contribution is 0.0993. The molecule has 0 unspecified atom stereocenters. The van der Waals surface area contributed by atoms with Gasteiger partial charge in [0.1, 0.15) is 0 Å². The van der Waals surface area contributed by atoms with E-state index in [2.05, 4.69) is 22.6 Å². The van der Waals surface area contributed by atoms with Gasteiger partial charge in [-0.3, -0.25) is 4.79 Å². The molecule has 0 aliphatic rings. The number of rotatable bonds is 3. The van der Waals surface area contributed by atoms with Crippen molar-refractivity contribution < 1.29 is 4.79 Å². The number of alkyl halides is 1. The van der Waals surface area contributed by atoms with E-state index < -0.39 is 0 Å². The van der Waals surface area contributed by atoms with E-state index in [1.807, 2.05) is 36.1 Å². The molecule has 2 N–H and O–H groups in total. The summed E-state index contributed by atoms with van der Waals surface area (Å²) in [6.07, 6.45) is 0.436. The van der Waals surface area contributed by atoms with E-state index in [-0.39, 0.29) is 5.78 Å². The van der Waals surface area contributed by atoms with Gasteiger partial charge in [-0.15, -0.1) is 0 Å². The van der Waals surface area contributed by atoms with Gasteiger partial charge in [0.25, 0.3) is 0 Å². The van der Waals surface area contributed by atoms with Crippen molar-refractivity contribution in [2.45, 2.75) is 13.3 Å². The smallest absolute Gasteiger partial charge is 0.167 e. The van der Waals surface area contributed by atoms with E-state index in [4.69, 9.17) is 5.73 Å². The van der Waals surface area contributed by atoms with Crippen molar-refractivity contribution in [2.75, 3.05) is 10.7 Å². The van der Waals surface area contributed by atoms with Crippen LogP contribution in [-0.2, 0) is 6.42 Å². The first kappa shape index (κ1) is 15.7. The molecule has 0 saturated heterocycles. The Balaban J connectivity index is 0.000000861. The topological polar surface area (TPSA) is 43.1 Å². The molecule has 2 rings (SSSR count). The van der Waals surface area contributed by atoms with E-state index >= 15 is 0 Å². The minimum absolute atomic E-state index is 0.121. The summed E-state index contributed by atoms with van der Waals surface area (Å²) in [5.74, 6) is 0.121. The van der Waals surface area contributed by atoms with Crippen LogP contribution in [0.3, 0.4) is 0 Å². The fourth-order valence-electron chi connectivity index (χ4n) is 1.78. The van der Waals surface area contributed by atoms with Crippen LogP contribution >= 0.6 is 22.6 Å². The molecule has 19 heavy (non-hydrogen) atoms. The average molecular weight is 367 g/mol. The summed E-state index contributed by atoms with van der Waals surface area (Å²) in [5.41, 5.74) is 9.20. The Kier molecular flexibility index (Phi) is 6.56. The summed E-state index contributed by atoms with van der Waals surface area (Å²) >= 11 is 2.15. The Labute approximate surface area is 128 Å². The first-order valence-corrected chi connectivity index (χ1v) is 8.13. The van der Waals surface area contributed by atoms with Gasteiger partial charge >= 0.3 is 0 Å². The van der Waals surface area contributed by atoms with Gasteiger partial charge < -0.3 is 5.73 Å². The highest BCUT2D eigenvalue weighted by molar-refractivity contribution is 14.1. The second-order valence-electron chi connectivity index (χ2n) is 4.21. The molecule has 3 heteroatoms. The second kappa shape index (κ2) is 7.94. The average Bonchev–Trinajstić information content (AvgIpc) is 2.41. The molecule has 0 heterocycles. The van der Waals surface area contributed by atoms with E-state index in [1.54, 1.807) is 24.3 Å². The van der Waals surface area contributed by atoms with Gasteiger partial charge in [-0.25, -0.2) is 0 Å². The van der Waals surface area contributed by atoms with Crippen molar-refractivity contribution in [3.63, 3.8) is 0 Å². The molecule has 0 fully saturated rings. The molecule has 2 aromatic carbocycles. The van der Waals surface area contributed by atoms with Crippen LogP contribution in [0.25, 0.3) is 0 Å². The van der Waals surface area contributed by atoms with Crippen LogP contribution in [0.2, 0.25) is 0 Å². The SMILES string of the molecule is CI.Cc1cccc(CC(=O)c2ccc(N)cc2)c1. The number of benzene rings is 2.